The van der Waals surface area contributed by atoms with Crippen molar-refractivity contribution >= 4 is 24.2 Å². The molecular formula is C15H24O10. The van der Waals surface area contributed by atoms with E-state index in [-0.39, 0.29) is 13.2 Å². The first kappa shape index (κ1) is 22.5. The summed E-state index contributed by atoms with van der Waals surface area (Å²) in [6, 6.07) is 0. The Bertz CT molecular complexity index is 452. The van der Waals surface area contributed by atoms with E-state index in [2.05, 4.69) is 24.3 Å². The van der Waals surface area contributed by atoms with Crippen molar-refractivity contribution in [1.29, 1.82) is 0 Å². The van der Waals surface area contributed by atoms with Gasteiger partial charge < -0.3 is 9.47 Å². The highest BCUT2D eigenvalue weighted by atomic mass is 17.2. The van der Waals surface area contributed by atoms with Gasteiger partial charge in [-0.15, -0.1) is 0 Å². The molecule has 0 unspecified atom stereocenters. The van der Waals surface area contributed by atoms with Gasteiger partial charge in [-0.3, -0.25) is 0 Å². The third-order valence-electron chi connectivity index (χ3n) is 2.50. The summed E-state index contributed by atoms with van der Waals surface area (Å²) in [7, 11) is 0. The van der Waals surface area contributed by atoms with Gasteiger partial charge in [0.15, 0.2) is 0 Å². The van der Waals surface area contributed by atoms with Gasteiger partial charge in [-0.05, 0) is 46.5 Å². The zero-order chi connectivity index (χ0) is 19.3. The van der Waals surface area contributed by atoms with Crippen LogP contribution in [0.4, 0.5) is 9.59 Å². The molecule has 144 valence electrons. The standard InChI is InChI=1S/C15H24O10/c1-11(16)22-24-13(18)20-9-7-5-6-8-10-21-14(19)25-23-12(17)15(2,3)4/h5-10H2,1-4H3. The Morgan fingerprint density at radius 1 is 0.680 bits per heavy atom. The maximum Gasteiger partial charge on any atom is 0.549 e. The van der Waals surface area contributed by atoms with Crippen LogP contribution in [0.15, 0.2) is 0 Å². The van der Waals surface area contributed by atoms with Crippen molar-refractivity contribution in [2.45, 2.75) is 53.4 Å². The molecule has 0 fully saturated rings. The summed E-state index contributed by atoms with van der Waals surface area (Å²) in [6.45, 7) is 6.13. The molecule has 0 spiro atoms. The predicted octanol–water partition coefficient (Wildman–Crippen LogP) is 2.84. The Morgan fingerprint density at radius 2 is 1.12 bits per heavy atom. The van der Waals surface area contributed by atoms with E-state index in [1.807, 2.05) is 0 Å². The molecule has 10 heteroatoms. The fraction of sp³-hybridized carbons (Fsp3) is 0.733. The molecule has 0 heterocycles. The highest BCUT2D eigenvalue weighted by Gasteiger charge is 2.26. The number of carbonyl (C=O) groups is 4. The largest absolute Gasteiger partial charge is 0.549 e. The Morgan fingerprint density at radius 3 is 1.52 bits per heavy atom. The van der Waals surface area contributed by atoms with Crippen molar-refractivity contribution in [3.05, 3.63) is 0 Å². The molecule has 0 amide bonds. The van der Waals surface area contributed by atoms with Crippen LogP contribution in [0.5, 0.6) is 0 Å². The number of rotatable bonds is 7. The van der Waals surface area contributed by atoms with Gasteiger partial charge in [0, 0.05) is 6.92 Å². The molecule has 0 aromatic carbocycles. The van der Waals surface area contributed by atoms with E-state index in [4.69, 9.17) is 4.74 Å². The fourth-order valence-electron chi connectivity index (χ4n) is 1.21. The molecule has 0 atom stereocenters. The van der Waals surface area contributed by atoms with Crippen LogP contribution in [0.25, 0.3) is 0 Å². The summed E-state index contributed by atoms with van der Waals surface area (Å²) in [5.74, 6) is -1.44. The van der Waals surface area contributed by atoms with Gasteiger partial charge in [0.05, 0.1) is 18.6 Å². The van der Waals surface area contributed by atoms with Crippen LogP contribution in [-0.2, 0) is 38.6 Å². The second-order valence-electron chi connectivity index (χ2n) is 5.97. The second kappa shape index (κ2) is 11.9. The van der Waals surface area contributed by atoms with Crippen LogP contribution >= 0.6 is 0 Å². The summed E-state index contributed by atoms with van der Waals surface area (Å²) in [6.07, 6.45) is 0.346. The van der Waals surface area contributed by atoms with E-state index in [0.29, 0.717) is 25.7 Å². The van der Waals surface area contributed by atoms with Crippen LogP contribution in [0, 0.1) is 5.41 Å². The van der Waals surface area contributed by atoms with Crippen LogP contribution in [0.2, 0.25) is 0 Å². The van der Waals surface area contributed by atoms with Crippen LogP contribution in [-0.4, -0.2) is 37.5 Å². The van der Waals surface area contributed by atoms with E-state index in [0.717, 1.165) is 6.92 Å². The smallest absolute Gasteiger partial charge is 0.432 e. The first-order chi connectivity index (χ1) is 11.6. The minimum atomic E-state index is -1.09. The van der Waals surface area contributed by atoms with E-state index in [9.17, 15) is 19.2 Å². The number of hydrogen-bond acceptors (Lipinski definition) is 10. The van der Waals surface area contributed by atoms with E-state index >= 15 is 0 Å². The van der Waals surface area contributed by atoms with Crippen molar-refractivity contribution in [2.24, 2.45) is 5.41 Å². The zero-order valence-electron chi connectivity index (χ0n) is 14.8. The highest BCUT2D eigenvalue weighted by Crippen LogP contribution is 2.15. The highest BCUT2D eigenvalue weighted by molar-refractivity contribution is 5.75. The molecule has 0 aliphatic heterocycles. The van der Waals surface area contributed by atoms with Crippen molar-refractivity contribution in [1.82, 2.24) is 0 Å². The van der Waals surface area contributed by atoms with E-state index in [1.54, 1.807) is 20.8 Å². The van der Waals surface area contributed by atoms with Gasteiger partial charge in [-0.1, -0.05) is 0 Å². The zero-order valence-corrected chi connectivity index (χ0v) is 14.8. The lowest BCUT2D eigenvalue weighted by Gasteiger charge is -2.13. The summed E-state index contributed by atoms with van der Waals surface area (Å²) in [4.78, 5) is 60.3. The minimum absolute atomic E-state index is 0.0985. The van der Waals surface area contributed by atoms with Crippen molar-refractivity contribution in [3.8, 4) is 0 Å². The van der Waals surface area contributed by atoms with Gasteiger partial charge in [-0.2, -0.15) is 9.59 Å². The first-order valence-corrected chi connectivity index (χ1v) is 7.70. The number of hydrogen-bond donors (Lipinski definition) is 0. The lowest BCUT2D eigenvalue weighted by molar-refractivity contribution is -0.251. The number of ether oxygens (including phenoxy) is 2. The van der Waals surface area contributed by atoms with Crippen LogP contribution in [0.3, 0.4) is 0 Å². The normalized spacial score (nSPS) is 10.4. The molecular weight excluding hydrogens is 340 g/mol. The van der Waals surface area contributed by atoms with Crippen molar-refractivity contribution in [3.63, 3.8) is 0 Å². The Labute approximate surface area is 145 Å². The molecule has 0 N–H and O–H groups in total. The van der Waals surface area contributed by atoms with Gasteiger partial charge >= 0.3 is 24.2 Å². The molecule has 0 bridgehead atoms. The summed E-state index contributed by atoms with van der Waals surface area (Å²) in [5, 5.41) is 0. The SMILES string of the molecule is CC(=O)OOC(=O)OCCCCCCOC(=O)OOC(=O)C(C)(C)C. The van der Waals surface area contributed by atoms with Crippen molar-refractivity contribution < 1.29 is 48.2 Å². The maximum absolute atomic E-state index is 11.3. The predicted molar refractivity (Wildman–Crippen MR) is 80.6 cm³/mol. The van der Waals surface area contributed by atoms with Crippen molar-refractivity contribution in [2.75, 3.05) is 13.2 Å². The Balaban J connectivity index is 3.49. The molecule has 0 saturated carbocycles. The molecule has 0 saturated heterocycles. The average Bonchev–Trinajstić information content (AvgIpc) is 2.52. The summed E-state index contributed by atoms with van der Waals surface area (Å²) >= 11 is 0. The fourth-order valence-corrected chi connectivity index (χ4v) is 1.21. The van der Waals surface area contributed by atoms with Gasteiger partial charge in [0.25, 0.3) is 0 Å². The van der Waals surface area contributed by atoms with E-state index in [1.165, 1.54) is 0 Å². The van der Waals surface area contributed by atoms with Gasteiger partial charge in [-0.25, -0.2) is 29.1 Å². The Hall–Kier alpha value is -2.52. The average molecular weight is 364 g/mol. The summed E-state index contributed by atoms with van der Waals surface area (Å²) < 4.78 is 9.34. The lowest BCUT2D eigenvalue weighted by Crippen LogP contribution is -2.24. The molecule has 0 aliphatic carbocycles. The van der Waals surface area contributed by atoms with Crippen LogP contribution < -0.4 is 0 Å². The molecule has 0 aromatic rings. The summed E-state index contributed by atoms with van der Waals surface area (Å²) in [5.41, 5.74) is -0.785. The quantitative estimate of drug-likeness (QED) is 0.288. The number of unbranched alkanes of at least 4 members (excludes halogenated alkanes) is 3. The minimum Gasteiger partial charge on any atom is -0.432 e. The molecule has 0 radical (unpaired) electrons. The van der Waals surface area contributed by atoms with Crippen LogP contribution in [0.1, 0.15) is 53.4 Å². The third-order valence-corrected chi connectivity index (χ3v) is 2.50. The van der Waals surface area contributed by atoms with Gasteiger partial charge in [0.2, 0.25) is 0 Å². The second-order valence-corrected chi connectivity index (χ2v) is 5.97. The Kier molecular flexibility index (Phi) is 10.7. The van der Waals surface area contributed by atoms with Gasteiger partial charge in [0.1, 0.15) is 0 Å². The first-order valence-electron chi connectivity index (χ1n) is 7.70. The molecule has 0 aromatic heterocycles. The third kappa shape index (κ3) is 13.6. The molecule has 10 nitrogen and oxygen atoms in total. The maximum atomic E-state index is 11.3. The number of carbonyl (C=O) groups excluding carboxylic acids is 4. The molecule has 25 heavy (non-hydrogen) atoms. The molecule has 0 rings (SSSR count). The molecule has 0 aliphatic rings. The van der Waals surface area contributed by atoms with E-state index < -0.39 is 29.7 Å². The lowest BCUT2D eigenvalue weighted by atomic mass is 9.98. The monoisotopic (exact) mass is 364 g/mol. The topological polar surface area (TPSA) is 124 Å².